The molecule has 0 N–H and O–H groups in total. The van der Waals surface area contributed by atoms with E-state index in [1.165, 1.54) is 16.2 Å². The number of piperidine rings is 2. The van der Waals surface area contributed by atoms with Gasteiger partial charge in [-0.15, -0.1) is 11.3 Å². The van der Waals surface area contributed by atoms with Gasteiger partial charge in [0.1, 0.15) is 0 Å². The van der Waals surface area contributed by atoms with E-state index in [0.29, 0.717) is 51.2 Å². The van der Waals surface area contributed by atoms with Gasteiger partial charge in [0.05, 0.1) is 29.2 Å². The Labute approximate surface area is 339 Å². The molecule has 0 bridgehead atoms. The lowest BCUT2D eigenvalue weighted by Gasteiger charge is -2.48. The SMILES string of the molecule is O=C(c1ccc(CCOCc2ccccc2)s1)N1CCCC(N2CCN(C3CCN(C(=O)c4cc(C(F)(F)F)cc(C(F)(F)F)c4)C(Cc4ccccc4)C3)CC2)C1. The van der Waals surface area contributed by atoms with E-state index in [1.807, 2.05) is 77.7 Å². The zero-order valence-corrected chi connectivity index (χ0v) is 33.0. The molecular formula is C44H48F6N4O3S. The quantitative estimate of drug-likeness (QED) is 0.112. The number of hydrogen-bond acceptors (Lipinski definition) is 6. The van der Waals surface area contributed by atoms with Crippen LogP contribution in [0.25, 0.3) is 0 Å². The fraction of sp³-hybridized carbons (Fsp3) is 0.455. The van der Waals surface area contributed by atoms with E-state index in [2.05, 4.69) is 9.80 Å². The molecule has 3 aromatic carbocycles. The van der Waals surface area contributed by atoms with Gasteiger partial charge < -0.3 is 14.5 Å². The summed E-state index contributed by atoms with van der Waals surface area (Å²) < 4.78 is 88.0. The first-order valence-electron chi connectivity index (χ1n) is 19.9. The van der Waals surface area contributed by atoms with Gasteiger partial charge in [-0.25, -0.2) is 0 Å². The van der Waals surface area contributed by atoms with E-state index in [9.17, 15) is 35.9 Å². The number of alkyl halides is 6. The third kappa shape index (κ3) is 10.5. The van der Waals surface area contributed by atoms with Crippen molar-refractivity contribution < 1.29 is 40.7 Å². The molecule has 7 nitrogen and oxygen atoms in total. The number of carbonyl (C=O) groups excluding carboxylic acids is 2. The molecule has 3 aliphatic heterocycles. The molecule has 0 saturated carbocycles. The van der Waals surface area contributed by atoms with Crippen molar-refractivity contribution in [2.45, 2.75) is 75.6 Å². The highest BCUT2D eigenvalue weighted by Gasteiger charge is 2.41. The second kappa shape index (κ2) is 18.4. The topological polar surface area (TPSA) is 56.3 Å². The Morgan fingerprint density at radius 3 is 1.95 bits per heavy atom. The van der Waals surface area contributed by atoms with Gasteiger partial charge in [-0.05, 0) is 73.6 Å². The highest BCUT2D eigenvalue weighted by atomic mass is 32.1. The first-order valence-corrected chi connectivity index (χ1v) is 20.8. The molecule has 3 fully saturated rings. The van der Waals surface area contributed by atoms with Crippen molar-refractivity contribution in [1.82, 2.24) is 19.6 Å². The number of benzene rings is 3. The maximum Gasteiger partial charge on any atom is 0.416 e. The van der Waals surface area contributed by atoms with Crippen molar-refractivity contribution in [2.24, 2.45) is 0 Å². The minimum Gasteiger partial charge on any atom is -0.376 e. The molecule has 0 aliphatic carbocycles. The maximum absolute atomic E-state index is 13.9. The Bertz CT molecular complexity index is 1950. The monoisotopic (exact) mass is 826 g/mol. The van der Waals surface area contributed by atoms with Crippen molar-refractivity contribution in [1.29, 1.82) is 0 Å². The van der Waals surface area contributed by atoms with Crippen LogP contribution in [-0.4, -0.2) is 102 Å². The summed E-state index contributed by atoms with van der Waals surface area (Å²) in [6, 6.07) is 24.4. The number of piperazine rings is 1. The van der Waals surface area contributed by atoms with E-state index in [-0.39, 0.29) is 30.6 Å². The van der Waals surface area contributed by atoms with E-state index < -0.39 is 41.0 Å². The van der Waals surface area contributed by atoms with E-state index in [4.69, 9.17) is 4.74 Å². The molecule has 1 aromatic heterocycles. The molecule has 4 heterocycles. The third-order valence-electron chi connectivity index (χ3n) is 11.6. The largest absolute Gasteiger partial charge is 0.416 e. The van der Waals surface area contributed by atoms with Crippen LogP contribution in [0, 0.1) is 0 Å². The summed E-state index contributed by atoms with van der Waals surface area (Å²) in [7, 11) is 0. The number of carbonyl (C=O) groups is 2. The number of amides is 2. The van der Waals surface area contributed by atoms with Crippen molar-refractivity contribution in [3.63, 3.8) is 0 Å². The van der Waals surface area contributed by atoms with Gasteiger partial charge in [0.25, 0.3) is 11.8 Å². The third-order valence-corrected chi connectivity index (χ3v) is 12.8. The zero-order valence-electron chi connectivity index (χ0n) is 32.2. The molecule has 310 valence electrons. The van der Waals surface area contributed by atoms with Crippen LogP contribution >= 0.6 is 11.3 Å². The first-order chi connectivity index (χ1) is 27.8. The summed E-state index contributed by atoms with van der Waals surface area (Å²) in [6.45, 7) is 5.92. The summed E-state index contributed by atoms with van der Waals surface area (Å²) >= 11 is 1.53. The summed E-state index contributed by atoms with van der Waals surface area (Å²) in [6.07, 6.45) is -5.90. The average Bonchev–Trinajstić information content (AvgIpc) is 3.71. The van der Waals surface area contributed by atoms with Crippen molar-refractivity contribution >= 4 is 23.2 Å². The van der Waals surface area contributed by atoms with Crippen LogP contribution in [0.1, 0.15) is 72.8 Å². The fourth-order valence-electron chi connectivity index (χ4n) is 8.58. The standard InChI is InChI=1S/C44H48F6N4O3S/c45-43(46,47)34-25-33(26-35(27-34)44(48,49)50)41(55)54-18-15-36(28-38(54)24-31-8-3-1-4-9-31)51-19-21-52(22-20-51)37-12-7-17-53(29-37)42(56)40-14-13-39(58-40)16-23-57-30-32-10-5-2-6-11-32/h1-6,8-11,13-14,25-27,36-38H,7,12,15-24,28-30H2. The van der Waals surface area contributed by atoms with Gasteiger partial charge in [0.2, 0.25) is 0 Å². The van der Waals surface area contributed by atoms with E-state index in [0.717, 1.165) is 72.9 Å². The van der Waals surface area contributed by atoms with Crippen LogP contribution in [-0.2, 0) is 36.5 Å². The summed E-state index contributed by atoms with van der Waals surface area (Å²) in [4.78, 5) is 37.7. The summed E-state index contributed by atoms with van der Waals surface area (Å²) in [5, 5.41) is 0. The Hall–Kier alpha value is -4.24. The average molecular weight is 827 g/mol. The zero-order chi connectivity index (χ0) is 40.9. The van der Waals surface area contributed by atoms with Gasteiger partial charge in [0.15, 0.2) is 0 Å². The second-order valence-corrected chi connectivity index (χ2v) is 16.7. The highest BCUT2D eigenvalue weighted by Crippen LogP contribution is 2.37. The number of nitrogens with zero attached hydrogens (tertiary/aromatic N) is 4. The van der Waals surface area contributed by atoms with Crippen molar-refractivity contribution in [2.75, 3.05) is 52.4 Å². The molecule has 2 amide bonds. The second-order valence-electron chi connectivity index (χ2n) is 15.5. The molecule has 4 aromatic rings. The van der Waals surface area contributed by atoms with Crippen LogP contribution in [0.2, 0.25) is 0 Å². The number of thiophene rings is 1. The molecular weight excluding hydrogens is 779 g/mol. The lowest BCUT2D eigenvalue weighted by Crippen LogP contribution is -2.59. The Kier molecular flexibility index (Phi) is 13.3. The van der Waals surface area contributed by atoms with Gasteiger partial charge >= 0.3 is 12.4 Å². The molecule has 14 heteroatoms. The lowest BCUT2D eigenvalue weighted by molar-refractivity contribution is -0.143. The Morgan fingerprint density at radius 2 is 1.31 bits per heavy atom. The molecule has 7 rings (SSSR count). The first kappa shape index (κ1) is 41.9. The molecule has 58 heavy (non-hydrogen) atoms. The predicted octanol–water partition coefficient (Wildman–Crippen LogP) is 8.68. The number of ether oxygens (including phenoxy) is 1. The molecule has 3 saturated heterocycles. The van der Waals surface area contributed by atoms with Gasteiger partial charge in [-0.1, -0.05) is 60.7 Å². The predicted molar refractivity (Wildman–Crippen MR) is 211 cm³/mol. The molecule has 3 unspecified atom stereocenters. The van der Waals surface area contributed by atoms with Crippen molar-refractivity contribution in [3.8, 4) is 0 Å². The van der Waals surface area contributed by atoms with Gasteiger partial charge in [-0.3, -0.25) is 19.4 Å². The summed E-state index contributed by atoms with van der Waals surface area (Å²) in [5.74, 6) is -0.765. The smallest absolute Gasteiger partial charge is 0.376 e. The van der Waals surface area contributed by atoms with Crippen LogP contribution < -0.4 is 0 Å². The van der Waals surface area contributed by atoms with Crippen LogP contribution in [0.5, 0.6) is 0 Å². The normalized spacial score (nSPS) is 21.3. The number of rotatable bonds is 11. The maximum atomic E-state index is 13.9. The molecule has 3 atom stereocenters. The van der Waals surface area contributed by atoms with Crippen LogP contribution in [0.4, 0.5) is 26.3 Å². The molecule has 0 radical (unpaired) electrons. The highest BCUT2D eigenvalue weighted by molar-refractivity contribution is 7.14. The van der Waals surface area contributed by atoms with Crippen molar-refractivity contribution in [3.05, 3.63) is 129 Å². The van der Waals surface area contributed by atoms with Crippen LogP contribution in [0.15, 0.2) is 91.0 Å². The number of halogens is 6. The van der Waals surface area contributed by atoms with Crippen LogP contribution in [0.3, 0.4) is 0 Å². The summed E-state index contributed by atoms with van der Waals surface area (Å²) in [5.41, 5.74) is -1.56. The fourth-order valence-corrected chi connectivity index (χ4v) is 9.53. The number of hydrogen-bond donors (Lipinski definition) is 0. The van der Waals surface area contributed by atoms with Gasteiger partial charge in [-0.2, -0.15) is 26.3 Å². The van der Waals surface area contributed by atoms with Gasteiger partial charge in [0, 0.05) is 80.8 Å². The van der Waals surface area contributed by atoms with E-state index >= 15 is 0 Å². The lowest BCUT2D eigenvalue weighted by atomic mass is 9.90. The minimum absolute atomic E-state index is 0.0537. The van der Waals surface area contributed by atoms with E-state index in [1.54, 1.807) is 0 Å². The minimum atomic E-state index is -5.05. The Morgan fingerprint density at radius 1 is 0.690 bits per heavy atom. The number of likely N-dealkylation sites (tertiary alicyclic amines) is 2. The molecule has 3 aliphatic rings. The molecule has 0 spiro atoms. The Balaban J connectivity index is 0.947.